The van der Waals surface area contributed by atoms with Gasteiger partial charge in [0.25, 0.3) is 0 Å². The molecule has 1 fully saturated rings. The number of aromatic nitrogens is 2. The Hall–Kier alpha value is -1.39. The number of rotatable bonds is 3. The molecule has 3 rings (SSSR count). The second-order valence-corrected chi connectivity index (χ2v) is 5.56. The molecule has 0 saturated heterocycles. The van der Waals surface area contributed by atoms with Crippen LogP contribution in [0.1, 0.15) is 42.5 Å². The highest BCUT2D eigenvalue weighted by molar-refractivity contribution is 6.30. The van der Waals surface area contributed by atoms with Gasteiger partial charge in [-0.25, -0.2) is 0 Å². The van der Waals surface area contributed by atoms with E-state index in [1.165, 1.54) is 0 Å². The highest BCUT2D eigenvalue weighted by Crippen LogP contribution is 2.32. The molecule has 2 aromatic rings. The second kappa shape index (κ2) is 5.31. The minimum absolute atomic E-state index is 0.272. The maximum Gasteiger partial charge on any atom is 0.229 e. The molecule has 0 unspecified atom stereocenters. The average molecular weight is 278 g/mol. The van der Waals surface area contributed by atoms with Crippen molar-refractivity contribution in [3.63, 3.8) is 0 Å². The standard InChI is InChI=1S/C14H16ClN3O/c15-11-3-1-2-9(6-11)7-13-17-14(19-18-13)10-4-5-12(16)8-10/h1-3,6,10,12H,4-5,7-8,16H2/t10-,12+/m1/s1. The Balaban J connectivity index is 1.71. The lowest BCUT2D eigenvalue weighted by atomic mass is 10.1. The summed E-state index contributed by atoms with van der Waals surface area (Å²) in [5, 5.41) is 4.77. The monoisotopic (exact) mass is 277 g/mol. The van der Waals surface area contributed by atoms with Crippen LogP contribution < -0.4 is 5.73 Å². The highest BCUT2D eigenvalue weighted by atomic mass is 35.5. The van der Waals surface area contributed by atoms with Gasteiger partial charge in [-0.2, -0.15) is 4.98 Å². The first kappa shape index (κ1) is 12.6. The third-order valence-electron chi connectivity index (χ3n) is 3.56. The van der Waals surface area contributed by atoms with Crippen molar-refractivity contribution >= 4 is 11.6 Å². The molecule has 4 nitrogen and oxygen atoms in total. The fourth-order valence-corrected chi connectivity index (χ4v) is 2.79. The fraction of sp³-hybridized carbons (Fsp3) is 0.429. The number of nitrogens with zero attached hydrogens (tertiary/aromatic N) is 2. The Morgan fingerprint density at radius 2 is 2.26 bits per heavy atom. The van der Waals surface area contributed by atoms with Crippen LogP contribution in [0.15, 0.2) is 28.8 Å². The molecule has 1 aromatic heterocycles. The van der Waals surface area contributed by atoms with Gasteiger partial charge < -0.3 is 10.3 Å². The van der Waals surface area contributed by atoms with Crippen LogP contribution in [0.5, 0.6) is 0 Å². The lowest BCUT2D eigenvalue weighted by molar-refractivity contribution is 0.350. The molecular weight excluding hydrogens is 262 g/mol. The van der Waals surface area contributed by atoms with Gasteiger partial charge in [0.1, 0.15) is 0 Å². The zero-order chi connectivity index (χ0) is 13.2. The summed E-state index contributed by atoms with van der Waals surface area (Å²) >= 11 is 5.96. The third kappa shape index (κ3) is 2.96. The van der Waals surface area contributed by atoms with E-state index < -0.39 is 0 Å². The van der Waals surface area contributed by atoms with Crippen LogP contribution in [0.4, 0.5) is 0 Å². The van der Waals surface area contributed by atoms with Gasteiger partial charge in [-0.05, 0) is 37.0 Å². The largest absolute Gasteiger partial charge is 0.339 e. The van der Waals surface area contributed by atoms with Crippen LogP contribution >= 0.6 is 11.6 Å². The molecule has 1 heterocycles. The number of halogens is 1. The number of hydrogen-bond acceptors (Lipinski definition) is 4. The van der Waals surface area contributed by atoms with Gasteiger partial charge in [0.15, 0.2) is 5.82 Å². The summed E-state index contributed by atoms with van der Waals surface area (Å²) in [6, 6.07) is 7.98. The Morgan fingerprint density at radius 3 is 3.00 bits per heavy atom. The Kier molecular flexibility index (Phi) is 3.53. The zero-order valence-electron chi connectivity index (χ0n) is 10.6. The van der Waals surface area contributed by atoms with Crippen LogP contribution in [-0.2, 0) is 6.42 Å². The van der Waals surface area contributed by atoms with E-state index >= 15 is 0 Å². The van der Waals surface area contributed by atoms with E-state index in [-0.39, 0.29) is 6.04 Å². The minimum Gasteiger partial charge on any atom is -0.339 e. The van der Waals surface area contributed by atoms with Crippen LogP contribution in [0.3, 0.4) is 0 Å². The molecule has 0 bridgehead atoms. The highest BCUT2D eigenvalue weighted by Gasteiger charge is 2.27. The Labute approximate surface area is 117 Å². The molecule has 0 spiro atoms. The van der Waals surface area contributed by atoms with Gasteiger partial charge in [0, 0.05) is 23.4 Å². The first-order chi connectivity index (χ1) is 9.20. The van der Waals surface area contributed by atoms with E-state index in [1.54, 1.807) is 0 Å². The van der Waals surface area contributed by atoms with Crippen molar-refractivity contribution < 1.29 is 4.52 Å². The molecule has 19 heavy (non-hydrogen) atoms. The van der Waals surface area contributed by atoms with Crippen LogP contribution in [0.25, 0.3) is 0 Å². The summed E-state index contributed by atoms with van der Waals surface area (Å²) in [7, 11) is 0. The lowest BCUT2D eigenvalue weighted by Gasteiger charge is -2.01. The Bertz CT molecular complexity index is 569. The summed E-state index contributed by atoms with van der Waals surface area (Å²) < 4.78 is 5.35. The molecule has 5 heteroatoms. The van der Waals surface area contributed by atoms with Crippen LogP contribution in [0.2, 0.25) is 5.02 Å². The molecule has 1 aliphatic rings. The van der Waals surface area contributed by atoms with Gasteiger partial charge in [-0.1, -0.05) is 28.9 Å². The van der Waals surface area contributed by atoms with E-state index in [1.807, 2.05) is 24.3 Å². The van der Waals surface area contributed by atoms with E-state index in [0.717, 1.165) is 35.7 Å². The summed E-state index contributed by atoms with van der Waals surface area (Å²) in [6.45, 7) is 0. The molecule has 100 valence electrons. The van der Waals surface area contributed by atoms with Crippen molar-refractivity contribution in [2.45, 2.75) is 37.6 Å². The zero-order valence-corrected chi connectivity index (χ0v) is 11.3. The predicted octanol–water partition coefficient (Wildman–Crippen LogP) is 2.91. The summed E-state index contributed by atoms with van der Waals surface area (Å²) in [5.74, 6) is 1.76. The molecule has 0 radical (unpaired) electrons. The first-order valence-electron chi connectivity index (χ1n) is 6.53. The summed E-state index contributed by atoms with van der Waals surface area (Å²) in [6.07, 6.45) is 3.66. The van der Waals surface area contributed by atoms with Crippen molar-refractivity contribution in [3.8, 4) is 0 Å². The molecule has 2 atom stereocenters. The number of hydrogen-bond donors (Lipinski definition) is 1. The van der Waals surface area contributed by atoms with E-state index in [0.29, 0.717) is 18.2 Å². The number of nitrogens with two attached hydrogens (primary N) is 1. The maximum atomic E-state index is 5.96. The molecule has 0 aliphatic heterocycles. The van der Waals surface area contributed by atoms with Crippen molar-refractivity contribution in [1.82, 2.24) is 10.1 Å². The summed E-state index contributed by atoms with van der Waals surface area (Å²) in [4.78, 5) is 4.48. The van der Waals surface area contributed by atoms with Crippen LogP contribution in [-0.4, -0.2) is 16.2 Å². The van der Waals surface area contributed by atoms with E-state index in [9.17, 15) is 0 Å². The molecule has 2 N–H and O–H groups in total. The molecular formula is C14H16ClN3O. The predicted molar refractivity (Wildman–Crippen MR) is 73.1 cm³/mol. The van der Waals surface area contributed by atoms with Gasteiger partial charge in [0.2, 0.25) is 5.89 Å². The van der Waals surface area contributed by atoms with Crippen molar-refractivity contribution in [3.05, 3.63) is 46.6 Å². The summed E-state index contributed by atoms with van der Waals surface area (Å²) in [5.41, 5.74) is 6.99. The van der Waals surface area contributed by atoms with Crippen molar-refractivity contribution in [2.24, 2.45) is 5.73 Å². The molecule has 1 aromatic carbocycles. The average Bonchev–Trinajstić information content (AvgIpc) is 2.98. The number of benzene rings is 1. The molecule has 0 amide bonds. The maximum absolute atomic E-state index is 5.96. The van der Waals surface area contributed by atoms with Gasteiger partial charge in [-0.3, -0.25) is 0 Å². The van der Waals surface area contributed by atoms with Gasteiger partial charge >= 0.3 is 0 Å². The van der Waals surface area contributed by atoms with Crippen molar-refractivity contribution in [1.29, 1.82) is 0 Å². The second-order valence-electron chi connectivity index (χ2n) is 5.13. The smallest absolute Gasteiger partial charge is 0.229 e. The molecule has 1 saturated carbocycles. The van der Waals surface area contributed by atoms with Gasteiger partial charge in [0.05, 0.1) is 0 Å². The molecule has 1 aliphatic carbocycles. The quantitative estimate of drug-likeness (QED) is 0.937. The SMILES string of the molecule is N[C@H]1CC[C@@H](c2nc(Cc3cccc(Cl)c3)no2)C1. The van der Waals surface area contributed by atoms with Crippen LogP contribution in [0, 0.1) is 0 Å². The Morgan fingerprint density at radius 1 is 1.37 bits per heavy atom. The fourth-order valence-electron chi connectivity index (χ4n) is 2.58. The third-order valence-corrected chi connectivity index (χ3v) is 3.79. The van der Waals surface area contributed by atoms with Gasteiger partial charge in [-0.15, -0.1) is 0 Å². The normalized spacial score (nSPS) is 22.8. The first-order valence-corrected chi connectivity index (χ1v) is 6.91. The van der Waals surface area contributed by atoms with Crippen molar-refractivity contribution in [2.75, 3.05) is 0 Å². The lowest BCUT2D eigenvalue weighted by Crippen LogP contribution is -2.14. The topological polar surface area (TPSA) is 64.9 Å². The van der Waals surface area contributed by atoms with E-state index in [2.05, 4.69) is 10.1 Å². The minimum atomic E-state index is 0.272. The van der Waals surface area contributed by atoms with E-state index in [4.69, 9.17) is 21.9 Å².